The van der Waals surface area contributed by atoms with Crippen LogP contribution in [0.4, 0.5) is 0 Å². The van der Waals surface area contributed by atoms with Gasteiger partial charge in [0.2, 0.25) is 0 Å². The van der Waals surface area contributed by atoms with E-state index < -0.39 is 0 Å². The first kappa shape index (κ1) is 13.2. The molecule has 1 aliphatic rings. The summed E-state index contributed by atoms with van der Waals surface area (Å²) in [7, 11) is 0. The van der Waals surface area contributed by atoms with Gasteiger partial charge in [0.05, 0.1) is 19.3 Å². The molecule has 0 aliphatic carbocycles. The van der Waals surface area contributed by atoms with Crippen LogP contribution in [0.25, 0.3) is 0 Å². The van der Waals surface area contributed by atoms with E-state index >= 15 is 0 Å². The summed E-state index contributed by atoms with van der Waals surface area (Å²) in [5.41, 5.74) is 1.17. The van der Waals surface area contributed by atoms with Crippen LogP contribution in [0.5, 0.6) is 11.5 Å². The summed E-state index contributed by atoms with van der Waals surface area (Å²) < 4.78 is 11.2. The van der Waals surface area contributed by atoms with E-state index in [2.05, 4.69) is 5.32 Å². The van der Waals surface area contributed by atoms with Crippen LogP contribution < -0.4 is 14.8 Å². The van der Waals surface area contributed by atoms with Crippen molar-refractivity contribution in [1.29, 1.82) is 0 Å². The Morgan fingerprint density at radius 2 is 2.06 bits per heavy atom. The first-order chi connectivity index (χ1) is 8.75. The number of fused-ring (bicyclic) bond motifs is 1. The summed E-state index contributed by atoms with van der Waals surface area (Å²) >= 11 is 0. The quantitative estimate of drug-likeness (QED) is 0.782. The highest BCUT2D eigenvalue weighted by molar-refractivity contribution is 5.43. The number of rotatable bonds is 5. The Kier molecular flexibility index (Phi) is 4.84. The maximum absolute atomic E-state index is 9.16. The highest BCUT2D eigenvalue weighted by Crippen LogP contribution is 2.30. The second-order valence-electron chi connectivity index (χ2n) is 4.65. The van der Waals surface area contributed by atoms with Crippen molar-refractivity contribution in [3.05, 3.63) is 23.8 Å². The molecule has 0 radical (unpaired) electrons. The molecule has 1 aromatic rings. The number of hydrogen-bond acceptors (Lipinski definition) is 4. The van der Waals surface area contributed by atoms with Crippen LogP contribution in [0, 0.1) is 0 Å². The van der Waals surface area contributed by atoms with Crippen molar-refractivity contribution in [2.45, 2.75) is 32.4 Å². The van der Waals surface area contributed by atoms with Gasteiger partial charge in [-0.05, 0) is 37.6 Å². The molecule has 18 heavy (non-hydrogen) atoms. The van der Waals surface area contributed by atoms with Gasteiger partial charge in [-0.2, -0.15) is 0 Å². The van der Waals surface area contributed by atoms with Crippen molar-refractivity contribution in [3.63, 3.8) is 0 Å². The predicted molar refractivity (Wildman–Crippen MR) is 70.1 cm³/mol. The Hall–Kier alpha value is -1.26. The predicted octanol–water partition coefficient (Wildman–Crippen LogP) is 1.71. The summed E-state index contributed by atoms with van der Waals surface area (Å²) in [4.78, 5) is 0. The van der Waals surface area contributed by atoms with E-state index in [1.54, 1.807) is 6.92 Å². The molecule has 2 rings (SSSR count). The third-order valence-electron chi connectivity index (χ3n) is 2.88. The lowest BCUT2D eigenvalue weighted by atomic mass is 10.2. The monoisotopic (exact) mass is 251 g/mol. The molecule has 1 aliphatic heterocycles. The average molecular weight is 251 g/mol. The smallest absolute Gasteiger partial charge is 0.161 e. The molecular formula is C14H21NO3. The third-order valence-corrected chi connectivity index (χ3v) is 2.88. The lowest BCUT2D eigenvalue weighted by Gasteiger charge is -2.10. The fourth-order valence-corrected chi connectivity index (χ4v) is 1.86. The molecule has 2 N–H and O–H groups in total. The molecule has 0 aromatic heterocycles. The summed E-state index contributed by atoms with van der Waals surface area (Å²) in [5, 5.41) is 12.5. The maximum Gasteiger partial charge on any atom is 0.161 e. The summed E-state index contributed by atoms with van der Waals surface area (Å²) in [6, 6.07) is 6.03. The van der Waals surface area contributed by atoms with Crippen molar-refractivity contribution in [3.8, 4) is 11.5 Å². The number of ether oxygens (including phenoxy) is 2. The van der Waals surface area contributed by atoms with Gasteiger partial charge >= 0.3 is 0 Å². The van der Waals surface area contributed by atoms with E-state index in [0.29, 0.717) is 6.61 Å². The second kappa shape index (κ2) is 6.61. The highest BCUT2D eigenvalue weighted by atomic mass is 16.5. The summed E-state index contributed by atoms with van der Waals surface area (Å²) in [6.45, 7) is 4.83. The molecule has 1 unspecified atom stereocenters. The molecule has 4 heteroatoms. The van der Waals surface area contributed by atoms with Crippen molar-refractivity contribution in [2.24, 2.45) is 0 Å². The Morgan fingerprint density at radius 3 is 2.83 bits per heavy atom. The van der Waals surface area contributed by atoms with Gasteiger partial charge in [0, 0.05) is 13.0 Å². The molecule has 0 spiro atoms. The third kappa shape index (κ3) is 3.89. The van der Waals surface area contributed by atoms with Crippen molar-refractivity contribution < 1.29 is 14.6 Å². The van der Waals surface area contributed by atoms with Crippen LogP contribution >= 0.6 is 0 Å². The van der Waals surface area contributed by atoms with Gasteiger partial charge < -0.3 is 19.9 Å². The van der Waals surface area contributed by atoms with Gasteiger partial charge in [0.1, 0.15) is 0 Å². The van der Waals surface area contributed by atoms with E-state index in [4.69, 9.17) is 14.6 Å². The number of aliphatic hydroxyl groups is 1. The molecule has 0 bridgehead atoms. The molecule has 0 saturated carbocycles. The van der Waals surface area contributed by atoms with Gasteiger partial charge in [-0.25, -0.2) is 0 Å². The number of nitrogens with one attached hydrogen (secondary N) is 1. The van der Waals surface area contributed by atoms with Crippen LogP contribution in [0.2, 0.25) is 0 Å². The minimum Gasteiger partial charge on any atom is -0.490 e. The molecule has 0 saturated heterocycles. The molecular weight excluding hydrogens is 230 g/mol. The fourth-order valence-electron chi connectivity index (χ4n) is 1.86. The van der Waals surface area contributed by atoms with Crippen molar-refractivity contribution in [1.82, 2.24) is 5.32 Å². The van der Waals surface area contributed by atoms with E-state index in [-0.39, 0.29) is 6.10 Å². The minimum absolute atomic E-state index is 0.249. The Morgan fingerprint density at radius 1 is 1.28 bits per heavy atom. The molecule has 1 aromatic carbocycles. The molecule has 1 heterocycles. The van der Waals surface area contributed by atoms with Crippen molar-refractivity contribution >= 4 is 0 Å². The minimum atomic E-state index is -0.249. The maximum atomic E-state index is 9.16. The lowest BCUT2D eigenvalue weighted by molar-refractivity contribution is 0.183. The molecule has 1 atom stereocenters. The number of hydrogen-bond donors (Lipinski definition) is 2. The van der Waals surface area contributed by atoms with E-state index in [1.807, 2.05) is 18.2 Å². The van der Waals surface area contributed by atoms with E-state index in [9.17, 15) is 0 Å². The molecule has 4 nitrogen and oxygen atoms in total. The number of aliphatic hydroxyl groups excluding tert-OH is 1. The van der Waals surface area contributed by atoms with Crippen LogP contribution in [-0.4, -0.2) is 31.0 Å². The first-order valence-electron chi connectivity index (χ1n) is 6.53. The van der Waals surface area contributed by atoms with Gasteiger partial charge in [-0.1, -0.05) is 6.07 Å². The van der Waals surface area contributed by atoms with E-state index in [0.717, 1.165) is 44.0 Å². The van der Waals surface area contributed by atoms with Crippen LogP contribution in [-0.2, 0) is 6.54 Å². The Bertz CT molecular complexity index is 379. The molecule has 100 valence electrons. The van der Waals surface area contributed by atoms with E-state index in [1.165, 1.54) is 5.56 Å². The fraction of sp³-hybridized carbons (Fsp3) is 0.571. The van der Waals surface area contributed by atoms with Crippen LogP contribution in [0.1, 0.15) is 25.3 Å². The highest BCUT2D eigenvalue weighted by Gasteiger charge is 2.10. The summed E-state index contributed by atoms with van der Waals surface area (Å²) in [6.07, 6.45) is 1.45. The van der Waals surface area contributed by atoms with Crippen LogP contribution in [0.15, 0.2) is 18.2 Å². The standard InChI is InChI=1S/C14H21NO3/c1-11(16)5-6-15-10-12-3-4-13-14(9-12)18-8-2-7-17-13/h3-4,9,11,15-16H,2,5-8,10H2,1H3. The normalized spacial score (nSPS) is 16.1. The second-order valence-corrected chi connectivity index (χ2v) is 4.65. The topological polar surface area (TPSA) is 50.7 Å². The zero-order valence-electron chi connectivity index (χ0n) is 10.8. The Balaban J connectivity index is 1.88. The SMILES string of the molecule is CC(O)CCNCc1ccc2c(c1)OCCCO2. The first-order valence-corrected chi connectivity index (χ1v) is 6.53. The molecule has 0 amide bonds. The summed E-state index contributed by atoms with van der Waals surface area (Å²) in [5.74, 6) is 1.67. The average Bonchev–Trinajstić information content (AvgIpc) is 2.59. The van der Waals surface area contributed by atoms with Gasteiger partial charge in [-0.15, -0.1) is 0 Å². The van der Waals surface area contributed by atoms with Gasteiger partial charge in [0.25, 0.3) is 0 Å². The van der Waals surface area contributed by atoms with Crippen molar-refractivity contribution in [2.75, 3.05) is 19.8 Å². The van der Waals surface area contributed by atoms with Gasteiger partial charge in [-0.3, -0.25) is 0 Å². The van der Waals surface area contributed by atoms with Crippen LogP contribution in [0.3, 0.4) is 0 Å². The Labute approximate surface area is 108 Å². The molecule has 0 fully saturated rings. The largest absolute Gasteiger partial charge is 0.490 e. The zero-order chi connectivity index (χ0) is 12.8. The van der Waals surface area contributed by atoms with Gasteiger partial charge in [0.15, 0.2) is 11.5 Å². The number of benzene rings is 1. The lowest BCUT2D eigenvalue weighted by Crippen LogP contribution is -2.18. The zero-order valence-corrected chi connectivity index (χ0v) is 10.8.